The van der Waals surface area contributed by atoms with Crippen LogP contribution >= 0.6 is 0 Å². The third-order valence-corrected chi connectivity index (χ3v) is 6.12. The highest BCUT2D eigenvalue weighted by Crippen LogP contribution is 2.40. The van der Waals surface area contributed by atoms with Crippen molar-refractivity contribution in [3.05, 3.63) is 89.4 Å². The molecule has 0 saturated heterocycles. The van der Waals surface area contributed by atoms with Gasteiger partial charge in [-0.25, -0.2) is 9.18 Å². The van der Waals surface area contributed by atoms with Crippen molar-refractivity contribution in [2.45, 2.75) is 12.5 Å². The SMILES string of the molecule is O=C(Nc1ccc2c(c1)OCO2)N1CCc2c([nH]c3ccccc23)C1c1ccccc1F. The second kappa shape index (κ2) is 7.30. The zero-order chi connectivity index (χ0) is 21.7. The summed E-state index contributed by atoms with van der Waals surface area (Å²) < 4.78 is 25.7. The van der Waals surface area contributed by atoms with Gasteiger partial charge in [-0.3, -0.25) is 0 Å². The predicted octanol–water partition coefficient (Wildman–Crippen LogP) is 5.22. The maximum absolute atomic E-state index is 14.9. The highest BCUT2D eigenvalue weighted by Gasteiger charge is 2.36. The molecule has 32 heavy (non-hydrogen) atoms. The molecular weight excluding hydrogens is 409 g/mol. The molecule has 2 N–H and O–H groups in total. The van der Waals surface area contributed by atoms with E-state index in [1.165, 1.54) is 6.07 Å². The van der Waals surface area contributed by atoms with Gasteiger partial charge in [-0.1, -0.05) is 36.4 Å². The van der Waals surface area contributed by atoms with E-state index in [9.17, 15) is 9.18 Å². The number of benzene rings is 3. The van der Waals surface area contributed by atoms with E-state index < -0.39 is 6.04 Å². The molecule has 2 aliphatic heterocycles. The molecular formula is C25H20FN3O3. The van der Waals surface area contributed by atoms with Crippen LogP contribution in [0.4, 0.5) is 14.9 Å². The average molecular weight is 429 g/mol. The van der Waals surface area contributed by atoms with Crippen molar-refractivity contribution in [1.29, 1.82) is 0 Å². The van der Waals surface area contributed by atoms with Crippen molar-refractivity contribution in [3.8, 4) is 11.5 Å². The van der Waals surface area contributed by atoms with Crippen LogP contribution in [0.2, 0.25) is 0 Å². The maximum atomic E-state index is 14.9. The molecule has 160 valence electrons. The molecule has 1 unspecified atom stereocenters. The highest BCUT2D eigenvalue weighted by atomic mass is 19.1. The van der Waals surface area contributed by atoms with Gasteiger partial charge in [0, 0.05) is 40.5 Å². The Kier molecular flexibility index (Phi) is 4.28. The summed E-state index contributed by atoms with van der Waals surface area (Å²) in [4.78, 5) is 18.5. The van der Waals surface area contributed by atoms with Gasteiger partial charge >= 0.3 is 6.03 Å². The maximum Gasteiger partial charge on any atom is 0.322 e. The van der Waals surface area contributed by atoms with Crippen molar-refractivity contribution < 1.29 is 18.7 Å². The number of aromatic amines is 1. The summed E-state index contributed by atoms with van der Waals surface area (Å²) in [7, 11) is 0. The van der Waals surface area contributed by atoms with Crippen molar-refractivity contribution in [2.75, 3.05) is 18.7 Å². The minimum absolute atomic E-state index is 0.164. The fraction of sp³-hybridized carbons (Fsp3) is 0.160. The van der Waals surface area contributed by atoms with E-state index >= 15 is 0 Å². The fourth-order valence-corrected chi connectivity index (χ4v) is 4.65. The Morgan fingerprint density at radius 1 is 1.03 bits per heavy atom. The second-order valence-electron chi connectivity index (χ2n) is 7.93. The van der Waals surface area contributed by atoms with Gasteiger partial charge in [-0.05, 0) is 36.2 Å². The molecule has 3 heterocycles. The van der Waals surface area contributed by atoms with Gasteiger partial charge in [0.2, 0.25) is 6.79 Å². The fourth-order valence-electron chi connectivity index (χ4n) is 4.65. The number of halogens is 1. The number of carbonyl (C=O) groups excluding carboxylic acids is 1. The second-order valence-corrected chi connectivity index (χ2v) is 7.93. The third-order valence-electron chi connectivity index (χ3n) is 6.12. The van der Waals surface area contributed by atoms with Gasteiger partial charge in [0.25, 0.3) is 0 Å². The lowest BCUT2D eigenvalue weighted by Crippen LogP contribution is -2.43. The summed E-state index contributed by atoms with van der Waals surface area (Å²) in [6, 6.07) is 19.0. The molecule has 0 saturated carbocycles. The van der Waals surface area contributed by atoms with Crippen molar-refractivity contribution in [1.82, 2.24) is 9.88 Å². The molecule has 0 bridgehead atoms. The third kappa shape index (κ3) is 2.97. The van der Waals surface area contributed by atoms with Gasteiger partial charge in [-0.15, -0.1) is 0 Å². The smallest absolute Gasteiger partial charge is 0.322 e. The molecule has 6 nitrogen and oxygen atoms in total. The minimum Gasteiger partial charge on any atom is -0.454 e. The van der Waals surface area contributed by atoms with Crippen LogP contribution in [0.1, 0.15) is 22.9 Å². The number of H-pyrrole nitrogens is 1. The number of amides is 2. The predicted molar refractivity (Wildman–Crippen MR) is 119 cm³/mol. The Balaban J connectivity index is 1.41. The molecule has 1 aromatic heterocycles. The van der Waals surface area contributed by atoms with Crippen LogP contribution in [-0.2, 0) is 6.42 Å². The molecule has 1 atom stereocenters. The Labute approximate surface area is 183 Å². The molecule has 6 rings (SSSR count). The first kappa shape index (κ1) is 18.7. The number of nitrogens with one attached hydrogen (secondary N) is 2. The Morgan fingerprint density at radius 3 is 2.75 bits per heavy atom. The summed E-state index contributed by atoms with van der Waals surface area (Å²) in [5.74, 6) is 0.891. The topological polar surface area (TPSA) is 66.6 Å². The number of nitrogens with zero attached hydrogens (tertiary/aromatic N) is 1. The summed E-state index contributed by atoms with van der Waals surface area (Å²) >= 11 is 0. The number of aromatic nitrogens is 1. The van der Waals surface area contributed by atoms with Gasteiger partial charge in [-0.2, -0.15) is 0 Å². The van der Waals surface area contributed by atoms with E-state index in [-0.39, 0.29) is 18.6 Å². The molecule has 7 heteroatoms. The number of anilines is 1. The lowest BCUT2D eigenvalue weighted by atomic mass is 9.92. The monoisotopic (exact) mass is 429 g/mol. The lowest BCUT2D eigenvalue weighted by Gasteiger charge is -2.36. The molecule has 2 amide bonds. The van der Waals surface area contributed by atoms with Gasteiger partial charge in [0.1, 0.15) is 11.9 Å². The summed E-state index contributed by atoms with van der Waals surface area (Å²) in [5.41, 5.74) is 4.01. The van der Waals surface area contributed by atoms with Gasteiger partial charge in [0.15, 0.2) is 11.5 Å². The van der Waals surface area contributed by atoms with E-state index in [1.807, 2.05) is 18.2 Å². The normalized spacial score (nSPS) is 16.8. The molecule has 0 fully saturated rings. The Hall–Kier alpha value is -4.00. The number of hydrogen-bond donors (Lipinski definition) is 2. The number of rotatable bonds is 2. The van der Waals surface area contributed by atoms with Crippen molar-refractivity contribution in [3.63, 3.8) is 0 Å². The van der Waals surface area contributed by atoms with E-state index in [0.717, 1.165) is 22.2 Å². The summed E-state index contributed by atoms with van der Waals surface area (Å²) in [6.45, 7) is 0.627. The standard InChI is InChI=1S/C25H20FN3O3/c26-19-7-3-1-6-18(19)24-23-17(16-5-2-4-8-20(16)28-23)11-12-29(24)25(30)27-15-9-10-21-22(13-15)32-14-31-21/h1-10,13,24,28H,11-12,14H2,(H,27,30). The largest absolute Gasteiger partial charge is 0.454 e. The number of urea groups is 1. The molecule has 0 radical (unpaired) electrons. The van der Waals surface area contributed by atoms with Crippen LogP contribution in [0.3, 0.4) is 0 Å². The minimum atomic E-state index is -0.568. The number of para-hydroxylation sites is 1. The molecule has 0 spiro atoms. The van der Waals surface area contributed by atoms with Crippen molar-refractivity contribution >= 4 is 22.6 Å². The Bertz CT molecular complexity index is 1350. The zero-order valence-electron chi connectivity index (χ0n) is 17.1. The van der Waals surface area contributed by atoms with Gasteiger partial charge < -0.3 is 24.7 Å². The van der Waals surface area contributed by atoms with E-state index in [4.69, 9.17) is 9.47 Å². The first-order chi connectivity index (χ1) is 15.7. The quantitative estimate of drug-likeness (QED) is 0.459. The number of carbonyl (C=O) groups is 1. The van der Waals surface area contributed by atoms with Gasteiger partial charge in [0.05, 0.1) is 0 Å². The van der Waals surface area contributed by atoms with Crippen LogP contribution in [-0.4, -0.2) is 29.3 Å². The van der Waals surface area contributed by atoms with Crippen LogP contribution in [0.25, 0.3) is 10.9 Å². The summed E-state index contributed by atoms with van der Waals surface area (Å²) in [5, 5.41) is 4.05. The van der Waals surface area contributed by atoms with E-state index in [0.29, 0.717) is 35.7 Å². The number of hydrogen-bond acceptors (Lipinski definition) is 3. The van der Waals surface area contributed by atoms with Crippen molar-refractivity contribution in [2.24, 2.45) is 0 Å². The van der Waals surface area contributed by atoms with E-state index in [2.05, 4.69) is 16.4 Å². The first-order valence-electron chi connectivity index (χ1n) is 10.5. The summed E-state index contributed by atoms with van der Waals surface area (Å²) in [6.07, 6.45) is 0.679. The molecule has 0 aliphatic carbocycles. The molecule has 3 aromatic carbocycles. The highest BCUT2D eigenvalue weighted by molar-refractivity contribution is 5.92. The number of fused-ring (bicyclic) bond motifs is 4. The number of ether oxygens (including phenoxy) is 2. The molecule has 2 aliphatic rings. The van der Waals surface area contributed by atoms with Crippen LogP contribution in [0.5, 0.6) is 11.5 Å². The first-order valence-corrected chi connectivity index (χ1v) is 10.5. The van der Waals surface area contributed by atoms with Crippen LogP contribution < -0.4 is 14.8 Å². The van der Waals surface area contributed by atoms with Crippen LogP contribution in [0, 0.1) is 5.82 Å². The average Bonchev–Trinajstić information content (AvgIpc) is 3.43. The zero-order valence-corrected chi connectivity index (χ0v) is 17.1. The van der Waals surface area contributed by atoms with E-state index in [1.54, 1.807) is 41.3 Å². The van der Waals surface area contributed by atoms with Crippen LogP contribution in [0.15, 0.2) is 66.7 Å². The lowest BCUT2D eigenvalue weighted by molar-refractivity contribution is 0.174. The Morgan fingerprint density at radius 2 is 1.84 bits per heavy atom. The molecule has 4 aromatic rings.